The van der Waals surface area contributed by atoms with Crippen molar-refractivity contribution < 1.29 is 14.2 Å². The van der Waals surface area contributed by atoms with Gasteiger partial charge in [0.2, 0.25) is 0 Å². The summed E-state index contributed by atoms with van der Waals surface area (Å²) in [5, 5.41) is 3.45. The Morgan fingerprint density at radius 1 is 1.33 bits per heavy atom. The number of rotatable bonds is 6. The molecule has 1 aromatic rings. The second-order valence-electron chi connectivity index (χ2n) is 5.27. The van der Waals surface area contributed by atoms with E-state index in [4.69, 9.17) is 14.2 Å². The molecule has 1 aliphatic heterocycles. The topological polar surface area (TPSA) is 39.7 Å². The van der Waals surface area contributed by atoms with Gasteiger partial charge in [-0.2, -0.15) is 0 Å². The lowest BCUT2D eigenvalue weighted by Crippen LogP contribution is -2.31. The summed E-state index contributed by atoms with van der Waals surface area (Å²) < 4.78 is 17.7. The van der Waals surface area contributed by atoms with E-state index in [2.05, 4.69) is 34.2 Å². The maximum absolute atomic E-state index is 5.85. The Morgan fingerprint density at radius 2 is 2.00 bits per heavy atom. The summed E-state index contributed by atoms with van der Waals surface area (Å²) in [6.45, 7) is 3.02. The van der Waals surface area contributed by atoms with Gasteiger partial charge in [-0.15, -0.1) is 0 Å². The third-order valence-electron chi connectivity index (χ3n) is 4.24. The second kappa shape index (κ2) is 7.47. The first-order valence-electron chi connectivity index (χ1n) is 7.36. The van der Waals surface area contributed by atoms with Crippen LogP contribution in [-0.2, 0) is 4.74 Å². The van der Waals surface area contributed by atoms with Crippen molar-refractivity contribution in [2.75, 3.05) is 27.9 Å². The van der Waals surface area contributed by atoms with E-state index in [1.807, 2.05) is 13.1 Å². The lowest BCUT2D eigenvalue weighted by Gasteiger charge is -2.28. The van der Waals surface area contributed by atoms with Crippen molar-refractivity contribution in [3.63, 3.8) is 0 Å². The fourth-order valence-electron chi connectivity index (χ4n) is 3.18. The largest absolute Gasteiger partial charge is 0.493 e. The molecule has 118 valence electrons. The zero-order valence-corrected chi connectivity index (χ0v) is 14.7. The van der Waals surface area contributed by atoms with Gasteiger partial charge in [0.1, 0.15) is 0 Å². The smallest absolute Gasteiger partial charge is 0.161 e. The van der Waals surface area contributed by atoms with E-state index < -0.39 is 0 Å². The summed E-state index contributed by atoms with van der Waals surface area (Å²) in [6.07, 6.45) is 2.42. The van der Waals surface area contributed by atoms with Gasteiger partial charge in [0.05, 0.1) is 20.3 Å². The molecule has 21 heavy (non-hydrogen) atoms. The van der Waals surface area contributed by atoms with Crippen molar-refractivity contribution in [1.82, 2.24) is 5.32 Å². The molecule has 5 heteroatoms. The quantitative estimate of drug-likeness (QED) is 0.844. The average Bonchev–Trinajstić information content (AvgIpc) is 2.97. The van der Waals surface area contributed by atoms with Crippen LogP contribution in [0.25, 0.3) is 0 Å². The highest BCUT2D eigenvalue weighted by atomic mass is 79.9. The number of ether oxygens (including phenoxy) is 3. The summed E-state index contributed by atoms with van der Waals surface area (Å²) in [5.41, 5.74) is 1.18. The molecule has 2 rings (SSSR count). The van der Waals surface area contributed by atoms with Crippen LogP contribution in [0, 0.1) is 5.92 Å². The van der Waals surface area contributed by atoms with E-state index in [0.717, 1.165) is 35.4 Å². The summed E-state index contributed by atoms with van der Waals surface area (Å²) >= 11 is 3.67. The molecule has 1 aliphatic rings. The minimum Gasteiger partial charge on any atom is -0.493 e. The molecule has 1 fully saturated rings. The van der Waals surface area contributed by atoms with Gasteiger partial charge in [0.15, 0.2) is 11.5 Å². The van der Waals surface area contributed by atoms with Gasteiger partial charge >= 0.3 is 0 Å². The summed E-state index contributed by atoms with van der Waals surface area (Å²) in [6, 6.07) is 4.25. The third-order valence-corrected chi connectivity index (χ3v) is 4.93. The van der Waals surface area contributed by atoms with Gasteiger partial charge in [0, 0.05) is 23.0 Å². The first-order valence-corrected chi connectivity index (χ1v) is 8.15. The Kier molecular flexibility index (Phi) is 5.90. The number of hydrogen-bond acceptors (Lipinski definition) is 4. The average molecular weight is 358 g/mol. The van der Waals surface area contributed by atoms with E-state index in [9.17, 15) is 0 Å². The molecule has 0 bridgehead atoms. The third kappa shape index (κ3) is 3.35. The van der Waals surface area contributed by atoms with Crippen LogP contribution < -0.4 is 14.8 Å². The van der Waals surface area contributed by atoms with Crippen LogP contribution in [0.4, 0.5) is 0 Å². The van der Waals surface area contributed by atoms with Crippen LogP contribution >= 0.6 is 15.9 Å². The van der Waals surface area contributed by atoms with E-state index >= 15 is 0 Å². The molecule has 3 atom stereocenters. The molecule has 0 amide bonds. The molecule has 1 aromatic carbocycles. The molecule has 0 saturated carbocycles. The zero-order valence-electron chi connectivity index (χ0n) is 13.1. The maximum Gasteiger partial charge on any atom is 0.161 e. The molecular formula is C16H24BrNO3. The fourth-order valence-corrected chi connectivity index (χ4v) is 3.74. The van der Waals surface area contributed by atoms with Gasteiger partial charge in [-0.25, -0.2) is 0 Å². The van der Waals surface area contributed by atoms with Crippen molar-refractivity contribution >= 4 is 15.9 Å². The van der Waals surface area contributed by atoms with Crippen LogP contribution in [0.1, 0.15) is 31.4 Å². The Balaban J connectivity index is 2.37. The van der Waals surface area contributed by atoms with Crippen molar-refractivity contribution in [3.8, 4) is 11.5 Å². The molecule has 0 spiro atoms. The van der Waals surface area contributed by atoms with Crippen LogP contribution in [-0.4, -0.2) is 34.0 Å². The summed E-state index contributed by atoms with van der Waals surface area (Å²) in [5.74, 6) is 1.95. The monoisotopic (exact) mass is 357 g/mol. The summed E-state index contributed by atoms with van der Waals surface area (Å²) in [7, 11) is 5.31. The van der Waals surface area contributed by atoms with E-state index in [0.29, 0.717) is 12.0 Å². The highest BCUT2D eigenvalue weighted by Crippen LogP contribution is 2.41. The molecule has 0 aliphatic carbocycles. The molecule has 4 nitrogen and oxygen atoms in total. The molecule has 1 N–H and O–H groups in total. The van der Waals surface area contributed by atoms with Gasteiger partial charge in [-0.05, 0) is 37.6 Å². The molecule has 1 saturated heterocycles. The van der Waals surface area contributed by atoms with Crippen LogP contribution in [0.2, 0.25) is 0 Å². The van der Waals surface area contributed by atoms with Crippen LogP contribution in [0.15, 0.2) is 16.6 Å². The Morgan fingerprint density at radius 3 is 2.57 bits per heavy atom. The SMILES string of the molecule is CCC1OCCC1C(NC)c1cc(OC)c(OC)cc1Br. The van der Waals surface area contributed by atoms with Crippen molar-refractivity contribution in [1.29, 1.82) is 0 Å². The van der Waals surface area contributed by atoms with Crippen LogP contribution in [0.3, 0.4) is 0 Å². The standard InChI is InChI=1S/C16H24BrNO3/c1-5-13-10(6-7-21-13)16(18-2)11-8-14(19-3)15(20-4)9-12(11)17/h8-10,13,16,18H,5-7H2,1-4H3. The van der Waals surface area contributed by atoms with Gasteiger partial charge in [0.25, 0.3) is 0 Å². The van der Waals surface area contributed by atoms with Crippen molar-refractivity contribution in [2.45, 2.75) is 31.9 Å². The molecular weight excluding hydrogens is 334 g/mol. The predicted molar refractivity (Wildman–Crippen MR) is 87.2 cm³/mol. The number of nitrogens with one attached hydrogen (secondary N) is 1. The first-order chi connectivity index (χ1) is 10.2. The van der Waals surface area contributed by atoms with Gasteiger partial charge < -0.3 is 19.5 Å². The van der Waals surface area contributed by atoms with E-state index in [-0.39, 0.29) is 6.04 Å². The fraction of sp³-hybridized carbons (Fsp3) is 0.625. The summed E-state index contributed by atoms with van der Waals surface area (Å²) in [4.78, 5) is 0. The predicted octanol–water partition coefficient (Wildman–Crippen LogP) is 3.54. The lowest BCUT2D eigenvalue weighted by atomic mass is 9.86. The Labute approximate surface area is 135 Å². The number of benzene rings is 1. The minimum absolute atomic E-state index is 0.228. The van der Waals surface area contributed by atoms with E-state index in [1.54, 1.807) is 14.2 Å². The maximum atomic E-state index is 5.85. The van der Waals surface area contributed by atoms with Crippen LogP contribution in [0.5, 0.6) is 11.5 Å². The lowest BCUT2D eigenvalue weighted by molar-refractivity contribution is 0.0781. The van der Waals surface area contributed by atoms with Gasteiger partial charge in [-0.1, -0.05) is 22.9 Å². The number of hydrogen-bond donors (Lipinski definition) is 1. The van der Waals surface area contributed by atoms with Crippen molar-refractivity contribution in [2.24, 2.45) is 5.92 Å². The zero-order chi connectivity index (χ0) is 15.4. The Hall–Kier alpha value is -0.780. The normalized spacial score (nSPS) is 23.1. The second-order valence-corrected chi connectivity index (χ2v) is 6.12. The first kappa shape index (κ1) is 16.6. The highest BCUT2D eigenvalue weighted by Gasteiger charge is 2.35. The van der Waals surface area contributed by atoms with E-state index in [1.165, 1.54) is 5.56 Å². The molecule has 0 aromatic heterocycles. The minimum atomic E-state index is 0.228. The Bertz CT molecular complexity index is 481. The molecule has 3 unspecified atom stereocenters. The number of halogens is 1. The number of methoxy groups -OCH3 is 2. The molecule has 1 heterocycles. The molecule has 0 radical (unpaired) electrons. The van der Waals surface area contributed by atoms with Gasteiger partial charge in [-0.3, -0.25) is 0 Å². The van der Waals surface area contributed by atoms with Crippen molar-refractivity contribution in [3.05, 3.63) is 22.2 Å². The highest BCUT2D eigenvalue weighted by molar-refractivity contribution is 9.10.